The number of nitrogens with zero attached hydrogens (tertiary/aromatic N) is 5. The van der Waals surface area contributed by atoms with Gasteiger partial charge in [-0.1, -0.05) is 30.3 Å². The molecule has 0 amide bonds. The summed E-state index contributed by atoms with van der Waals surface area (Å²) in [6.45, 7) is 0.687. The average molecular weight is 445 g/mol. The van der Waals surface area contributed by atoms with E-state index in [-0.39, 0.29) is 4.90 Å². The van der Waals surface area contributed by atoms with Gasteiger partial charge in [-0.3, -0.25) is 4.68 Å². The normalized spacial score (nSPS) is 11.7. The van der Waals surface area contributed by atoms with Gasteiger partial charge in [-0.05, 0) is 42.0 Å². The van der Waals surface area contributed by atoms with Crippen molar-refractivity contribution in [2.75, 3.05) is 11.6 Å². The second-order valence-corrected chi connectivity index (χ2v) is 9.47. The smallest absolute Gasteiger partial charge is 0.247 e. The van der Waals surface area contributed by atoms with Gasteiger partial charge in [0.15, 0.2) is 15.5 Å². The van der Waals surface area contributed by atoms with Gasteiger partial charge in [0.05, 0.1) is 17.6 Å². The van der Waals surface area contributed by atoms with E-state index in [1.165, 1.54) is 11.8 Å². The van der Waals surface area contributed by atoms with Crippen molar-refractivity contribution < 1.29 is 8.42 Å². The first-order chi connectivity index (χ1) is 15.5. The fraction of sp³-hybridized carbons (Fsp3) is 0.0870. The summed E-state index contributed by atoms with van der Waals surface area (Å²) in [5.41, 5.74) is 4.44. The van der Waals surface area contributed by atoms with Gasteiger partial charge in [0, 0.05) is 35.5 Å². The summed E-state index contributed by atoms with van der Waals surface area (Å²) in [5.74, 6) is 0.418. The lowest BCUT2D eigenvalue weighted by atomic mass is 10.1. The quantitative estimate of drug-likeness (QED) is 0.428. The molecule has 5 aromatic rings. The minimum atomic E-state index is -3.24. The van der Waals surface area contributed by atoms with E-state index in [9.17, 15) is 8.42 Å². The third-order valence-electron chi connectivity index (χ3n) is 5.03. The Labute approximate surface area is 185 Å². The number of sulfone groups is 1. The molecule has 0 bridgehead atoms. The zero-order chi connectivity index (χ0) is 22.1. The van der Waals surface area contributed by atoms with Gasteiger partial charge < -0.3 is 5.32 Å². The third kappa shape index (κ3) is 4.10. The number of nitrogens with one attached hydrogen (secondary N) is 1. The van der Waals surface area contributed by atoms with Crippen molar-refractivity contribution in [3.63, 3.8) is 0 Å². The van der Waals surface area contributed by atoms with Gasteiger partial charge in [-0.15, -0.1) is 5.10 Å². The van der Waals surface area contributed by atoms with Crippen LogP contribution in [0.5, 0.6) is 0 Å². The van der Waals surface area contributed by atoms with Crippen LogP contribution in [0, 0.1) is 0 Å². The zero-order valence-corrected chi connectivity index (χ0v) is 18.1. The van der Waals surface area contributed by atoms with Gasteiger partial charge in [0.2, 0.25) is 5.95 Å². The van der Waals surface area contributed by atoms with Crippen LogP contribution in [0.15, 0.2) is 90.2 Å². The minimum Gasteiger partial charge on any atom is -0.323 e. The maximum atomic E-state index is 11.6. The second kappa shape index (κ2) is 7.93. The van der Waals surface area contributed by atoms with E-state index in [0.29, 0.717) is 23.8 Å². The first kappa shape index (κ1) is 20.0. The number of rotatable bonds is 6. The molecule has 0 saturated heterocycles. The van der Waals surface area contributed by atoms with Crippen LogP contribution in [0.3, 0.4) is 0 Å². The molecule has 0 aliphatic heterocycles. The molecule has 1 N–H and O–H groups in total. The fourth-order valence-corrected chi connectivity index (χ4v) is 4.09. The Morgan fingerprint density at radius 2 is 1.75 bits per heavy atom. The summed E-state index contributed by atoms with van der Waals surface area (Å²) in [6.07, 6.45) is 6.83. The largest absolute Gasteiger partial charge is 0.323 e. The number of hydrogen-bond acceptors (Lipinski definition) is 6. The van der Waals surface area contributed by atoms with Gasteiger partial charge in [0.1, 0.15) is 0 Å². The maximum absolute atomic E-state index is 11.6. The van der Waals surface area contributed by atoms with Gasteiger partial charge in [-0.25, -0.2) is 12.9 Å². The van der Waals surface area contributed by atoms with E-state index in [2.05, 4.69) is 32.6 Å². The molecule has 0 radical (unpaired) electrons. The summed E-state index contributed by atoms with van der Waals surface area (Å²) >= 11 is 0. The molecule has 0 unspecified atom stereocenters. The Kier molecular flexibility index (Phi) is 4.95. The van der Waals surface area contributed by atoms with Crippen LogP contribution in [-0.4, -0.2) is 39.1 Å². The lowest BCUT2D eigenvalue weighted by molar-refractivity contribution is 0.602. The summed E-state index contributed by atoms with van der Waals surface area (Å²) in [4.78, 5) is 4.90. The van der Waals surface area contributed by atoms with Gasteiger partial charge in [0.25, 0.3) is 0 Å². The first-order valence-corrected chi connectivity index (χ1v) is 11.8. The predicted molar refractivity (Wildman–Crippen MR) is 123 cm³/mol. The van der Waals surface area contributed by atoms with Crippen LogP contribution in [0.25, 0.3) is 16.8 Å². The monoisotopic (exact) mass is 444 g/mol. The molecule has 3 heterocycles. The van der Waals surface area contributed by atoms with Crippen molar-refractivity contribution in [3.8, 4) is 11.1 Å². The van der Waals surface area contributed by atoms with Crippen LogP contribution in [0.1, 0.15) is 5.56 Å². The lowest BCUT2D eigenvalue weighted by Gasteiger charge is -2.02. The fourth-order valence-electron chi connectivity index (χ4n) is 3.46. The van der Waals surface area contributed by atoms with Crippen molar-refractivity contribution in [1.82, 2.24) is 24.4 Å². The molecule has 0 aliphatic carbocycles. The highest BCUT2D eigenvalue weighted by Crippen LogP contribution is 2.25. The molecule has 160 valence electrons. The van der Waals surface area contributed by atoms with Crippen molar-refractivity contribution in [2.45, 2.75) is 11.4 Å². The van der Waals surface area contributed by atoms with E-state index in [1.54, 1.807) is 28.8 Å². The summed E-state index contributed by atoms with van der Waals surface area (Å²) in [6, 6.07) is 20.6. The number of fused-ring (bicyclic) bond motifs is 1. The van der Waals surface area contributed by atoms with Crippen LogP contribution < -0.4 is 5.32 Å². The van der Waals surface area contributed by atoms with E-state index >= 15 is 0 Å². The molecule has 0 aliphatic rings. The van der Waals surface area contributed by atoms with Crippen molar-refractivity contribution >= 4 is 27.1 Å². The Bertz CT molecular complexity index is 1490. The first-order valence-electron chi connectivity index (χ1n) is 9.95. The molecule has 0 atom stereocenters. The highest BCUT2D eigenvalue weighted by Gasteiger charge is 2.12. The Balaban J connectivity index is 1.41. The van der Waals surface area contributed by atoms with E-state index in [1.807, 2.05) is 53.6 Å². The average Bonchev–Trinajstić information content (AvgIpc) is 3.40. The van der Waals surface area contributed by atoms with Crippen molar-refractivity contribution in [1.29, 1.82) is 0 Å². The minimum absolute atomic E-state index is 0.265. The summed E-state index contributed by atoms with van der Waals surface area (Å²) in [7, 11) is -3.24. The number of aromatic nitrogens is 5. The number of benzene rings is 2. The molecular formula is C23H20N6O2S. The van der Waals surface area contributed by atoms with Crippen molar-refractivity contribution in [2.24, 2.45) is 0 Å². The Hall–Kier alpha value is -3.98. The highest BCUT2D eigenvalue weighted by atomic mass is 32.2. The van der Waals surface area contributed by atoms with Crippen molar-refractivity contribution in [3.05, 3.63) is 90.9 Å². The molecule has 2 aromatic carbocycles. The Morgan fingerprint density at radius 1 is 0.969 bits per heavy atom. The lowest BCUT2D eigenvalue weighted by Crippen LogP contribution is -1.99. The molecule has 0 saturated carbocycles. The molecule has 3 aromatic heterocycles. The Morgan fingerprint density at radius 3 is 2.50 bits per heavy atom. The zero-order valence-electron chi connectivity index (χ0n) is 17.3. The molecule has 5 rings (SSSR count). The predicted octanol–water partition coefficient (Wildman–Crippen LogP) is 3.79. The van der Waals surface area contributed by atoms with E-state index in [4.69, 9.17) is 0 Å². The van der Waals surface area contributed by atoms with Gasteiger partial charge >= 0.3 is 0 Å². The third-order valence-corrected chi connectivity index (χ3v) is 6.16. The standard InChI is InChI=1S/C23H20N6O2S/c1-32(30,31)20-11-9-19(10-12-20)25-23-26-22-21(8-5-13-29(22)27-23)18-14-24-28(16-18)15-17-6-3-2-4-7-17/h2-14,16H,15H2,1H3,(H,25,27). The molecular weight excluding hydrogens is 424 g/mol. The molecule has 8 nitrogen and oxygen atoms in total. The maximum Gasteiger partial charge on any atom is 0.247 e. The van der Waals surface area contributed by atoms with E-state index in [0.717, 1.165) is 11.1 Å². The second-order valence-electron chi connectivity index (χ2n) is 7.46. The summed E-state index contributed by atoms with van der Waals surface area (Å²) < 4.78 is 26.9. The molecule has 32 heavy (non-hydrogen) atoms. The van der Waals surface area contributed by atoms with Crippen LogP contribution in [-0.2, 0) is 16.4 Å². The highest BCUT2D eigenvalue weighted by molar-refractivity contribution is 7.90. The van der Waals surface area contributed by atoms with Crippen LogP contribution in [0.2, 0.25) is 0 Å². The van der Waals surface area contributed by atoms with Gasteiger partial charge in [-0.2, -0.15) is 10.1 Å². The summed E-state index contributed by atoms with van der Waals surface area (Å²) in [5, 5.41) is 12.1. The topological polar surface area (TPSA) is 94.2 Å². The number of hydrogen-bond donors (Lipinski definition) is 1. The van der Waals surface area contributed by atoms with Crippen LogP contribution >= 0.6 is 0 Å². The van der Waals surface area contributed by atoms with E-state index < -0.39 is 9.84 Å². The number of pyridine rings is 1. The number of anilines is 2. The molecule has 0 spiro atoms. The molecule has 9 heteroatoms. The SMILES string of the molecule is CS(=O)(=O)c1ccc(Nc2nc3c(-c4cnn(Cc5ccccc5)c4)cccn3n2)cc1. The molecule has 0 fully saturated rings. The van der Waals surface area contributed by atoms with Crippen LogP contribution in [0.4, 0.5) is 11.6 Å².